The van der Waals surface area contributed by atoms with Crippen LogP contribution in [-0.4, -0.2) is 55.0 Å². The molecule has 1 N–H and O–H groups in total. The number of urea groups is 1. The number of carbonyl (C=O) groups is 1. The van der Waals surface area contributed by atoms with Gasteiger partial charge >= 0.3 is 6.03 Å². The van der Waals surface area contributed by atoms with Crippen molar-refractivity contribution >= 4 is 32.5 Å². The number of fused-ring (bicyclic) bond motifs is 1. The second-order valence-electron chi connectivity index (χ2n) is 7.00. The summed E-state index contributed by atoms with van der Waals surface area (Å²) in [5, 5.41) is 8.69. The number of sulfonamides is 1. The van der Waals surface area contributed by atoms with Crippen molar-refractivity contribution in [1.29, 1.82) is 0 Å². The van der Waals surface area contributed by atoms with Gasteiger partial charge in [0.1, 0.15) is 10.6 Å². The van der Waals surface area contributed by atoms with Crippen LogP contribution in [0.2, 0.25) is 0 Å². The highest BCUT2D eigenvalue weighted by atomic mass is 32.2. The van der Waals surface area contributed by atoms with Crippen LogP contribution in [0.3, 0.4) is 0 Å². The lowest BCUT2D eigenvalue weighted by molar-refractivity contribution is 0.184. The highest BCUT2D eigenvalue weighted by molar-refractivity contribution is 7.89. The van der Waals surface area contributed by atoms with Gasteiger partial charge in [0.15, 0.2) is 5.76 Å². The number of benzene rings is 2. The zero-order valence-corrected chi connectivity index (χ0v) is 17.1. The number of anilines is 1. The quantitative estimate of drug-likeness (QED) is 0.711. The molecular weight excluding hydrogens is 392 g/mol. The Morgan fingerprint density at radius 1 is 1.03 bits per heavy atom. The smallest absolute Gasteiger partial charge is 0.321 e. The van der Waals surface area contributed by atoms with E-state index in [0.717, 1.165) is 16.5 Å². The predicted molar refractivity (Wildman–Crippen MR) is 109 cm³/mol. The van der Waals surface area contributed by atoms with E-state index in [9.17, 15) is 13.2 Å². The summed E-state index contributed by atoms with van der Waals surface area (Å²) < 4.78 is 32.2. The predicted octanol–water partition coefficient (Wildman–Crippen LogP) is 2.98. The van der Waals surface area contributed by atoms with Gasteiger partial charge in [0.05, 0.1) is 5.69 Å². The summed E-state index contributed by atoms with van der Waals surface area (Å²) >= 11 is 0. The lowest BCUT2D eigenvalue weighted by atomic mass is 10.1. The third kappa shape index (κ3) is 3.58. The molecule has 2 heterocycles. The zero-order valence-electron chi connectivity index (χ0n) is 16.3. The highest BCUT2D eigenvalue weighted by Gasteiger charge is 2.34. The molecule has 152 valence electrons. The number of hydrogen-bond acceptors (Lipinski definition) is 5. The summed E-state index contributed by atoms with van der Waals surface area (Å²) in [6.07, 6.45) is 0. The first kappa shape index (κ1) is 19.4. The van der Waals surface area contributed by atoms with E-state index in [1.807, 2.05) is 42.5 Å². The first-order valence-corrected chi connectivity index (χ1v) is 10.8. The van der Waals surface area contributed by atoms with E-state index in [4.69, 9.17) is 4.52 Å². The van der Waals surface area contributed by atoms with Crippen LogP contribution in [0.4, 0.5) is 10.5 Å². The molecule has 1 aliphatic heterocycles. The zero-order chi connectivity index (χ0) is 20.6. The molecule has 0 radical (unpaired) electrons. The Balaban J connectivity index is 1.45. The number of aryl methyl sites for hydroxylation is 2. The van der Waals surface area contributed by atoms with E-state index in [-0.39, 0.29) is 29.8 Å². The van der Waals surface area contributed by atoms with Crippen LogP contribution in [-0.2, 0) is 10.0 Å². The summed E-state index contributed by atoms with van der Waals surface area (Å²) in [5.41, 5.74) is 1.08. The van der Waals surface area contributed by atoms with Gasteiger partial charge in [-0.1, -0.05) is 41.6 Å². The fraction of sp³-hybridized carbons (Fsp3) is 0.300. The first-order valence-electron chi connectivity index (χ1n) is 9.34. The van der Waals surface area contributed by atoms with E-state index in [2.05, 4.69) is 10.5 Å². The fourth-order valence-electron chi connectivity index (χ4n) is 3.63. The summed E-state index contributed by atoms with van der Waals surface area (Å²) in [6, 6.07) is 13.3. The van der Waals surface area contributed by atoms with Crippen molar-refractivity contribution < 1.29 is 17.7 Å². The maximum Gasteiger partial charge on any atom is 0.321 e. The number of nitrogens with one attached hydrogen (secondary N) is 1. The van der Waals surface area contributed by atoms with Crippen LogP contribution in [0.5, 0.6) is 0 Å². The van der Waals surface area contributed by atoms with Crippen molar-refractivity contribution in [2.24, 2.45) is 0 Å². The van der Waals surface area contributed by atoms with Gasteiger partial charge in [-0.3, -0.25) is 0 Å². The minimum absolute atomic E-state index is 0.117. The maximum absolute atomic E-state index is 12.9. The molecule has 2 amide bonds. The number of amides is 2. The molecule has 9 heteroatoms. The molecule has 0 aliphatic carbocycles. The largest absolute Gasteiger partial charge is 0.360 e. The molecule has 0 unspecified atom stereocenters. The lowest BCUT2D eigenvalue weighted by Gasteiger charge is -2.33. The summed E-state index contributed by atoms with van der Waals surface area (Å²) in [7, 11) is -3.70. The Labute approximate surface area is 169 Å². The molecule has 1 saturated heterocycles. The van der Waals surface area contributed by atoms with Crippen LogP contribution in [0.1, 0.15) is 11.5 Å². The van der Waals surface area contributed by atoms with Crippen LogP contribution in [0, 0.1) is 13.8 Å². The van der Waals surface area contributed by atoms with Crippen molar-refractivity contribution in [3.05, 3.63) is 53.9 Å². The van der Waals surface area contributed by atoms with Gasteiger partial charge in [-0.15, -0.1) is 0 Å². The van der Waals surface area contributed by atoms with E-state index in [1.54, 1.807) is 18.7 Å². The van der Waals surface area contributed by atoms with Gasteiger partial charge < -0.3 is 14.7 Å². The standard InChI is InChI=1S/C20H22N4O4S/c1-14-19(15(2)28-22-14)29(26,27)24-12-10-23(11-13-24)20(25)21-18-9-5-7-16-6-3-4-8-17(16)18/h3-9H,10-13H2,1-2H3,(H,21,25). The normalized spacial score (nSPS) is 15.6. The number of piperazine rings is 1. The average molecular weight is 414 g/mol. The fourth-order valence-corrected chi connectivity index (χ4v) is 5.35. The van der Waals surface area contributed by atoms with Crippen LogP contribution in [0.25, 0.3) is 10.8 Å². The van der Waals surface area contributed by atoms with Gasteiger partial charge in [-0.25, -0.2) is 13.2 Å². The molecule has 0 saturated carbocycles. The SMILES string of the molecule is Cc1noc(C)c1S(=O)(=O)N1CCN(C(=O)Nc2cccc3ccccc23)CC1. The van der Waals surface area contributed by atoms with E-state index < -0.39 is 10.0 Å². The number of nitrogens with zero attached hydrogens (tertiary/aromatic N) is 3. The van der Waals surface area contributed by atoms with Crippen LogP contribution >= 0.6 is 0 Å². The molecular formula is C20H22N4O4S. The summed E-state index contributed by atoms with van der Waals surface area (Å²) in [5.74, 6) is 0.277. The topological polar surface area (TPSA) is 95.8 Å². The van der Waals surface area contributed by atoms with Crippen LogP contribution in [0.15, 0.2) is 51.9 Å². The second-order valence-corrected chi connectivity index (χ2v) is 8.88. The number of hydrogen-bond donors (Lipinski definition) is 1. The Hall–Kier alpha value is -2.91. The molecule has 1 aliphatic rings. The highest BCUT2D eigenvalue weighted by Crippen LogP contribution is 2.25. The Morgan fingerprint density at radius 2 is 1.72 bits per heavy atom. The van der Waals surface area contributed by atoms with Crippen molar-refractivity contribution in [1.82, 2.24) is 14.4 Å². The molecule has 0 spiro atoms. The van der Waals surface area contributed by atoms with Gasteiger partial charge in [0, 0.05) is 31.6 Å². The van der Waals surface area contributed by atoms with Crippen molar-refractivity contribution in [2.75, 3.05) is 31.5 Å². The van der Waals surface area contributed by atoms with Gasteiger partial charge in [0.25, 0.3) is 0 Å². The van der Waals surface area contributed by atoms with Gasteiger partial charge in [0.2, 0.25) is 10.0 Å². The molecule has 0 atom stereocenters. The second kappa shape index (κ2) is 7.49. The number of carbonyl (C=O) groups excluding carboxylic acids is 1. The number of aromatic nitrogens is 1. The Bertz CT molecular complexity index is 1140. The van der Waals surface area contributed by atoms with Gasteiger partial charge in [-0.05, 0) is 25.3 Å². The maximum atomic E-state index is 12.9. The van der Waals surface area contributed by atoms with Crippen molar-refractivity contribution in [3.8, 4) is 0 Å². The number of rotatable bonds is 3. The van der Waals surface area contributed by atoms with Gasteiger partial charge in [-0.2, -0.15) is 4.31 Å². The van der Waals surface area contributed by atoms with Crippen molar-refractivity contribution in [3.63, 3.8) is 0 Å². The molecule has 29 heavy (non-hydrogen) atoms. The molecule has 4 rings (SSSR count). The van der Waals surface area contributed by atoms with E-state index in [1.165, 1.54) is 4.31 Å². The van der Waals surface area contributed by atoms with Crippen molar-refractivity contribution in [2.45, 2.75) is 18.7 Å². The molecule has 2 aromatic carbocycles. The lowest BCUT2D eigenvalue weighted by Crippen LogP contribution is -2.51. The third-order valence-electron chi connectivity index (χ3n) is 5.12. The minimum atomic E-state index is -3.70. The van der Waals surface area contributed by atoms with E-state index in [0.29, 0.717) is 18.8 Å². The third-order valence-corrected chi connectivity index (χ3v) is 7.27. The molecule has 1 fully saturated rings. The average Bonchev–Trinajstić information content (AvgIpc) is 3.07. The van der Waals surface area contributed by atoms with Crippen LogP contribution < -0.4 is 5.32 Å². The summed E-state index contributed by atoms with van der Waals surface area (Å²) in [6.45, 7) is 4.24. The minimum Gasteiger partial charge on any atom is -0.360 e. The summed E-state index contributed by atoms with van der Waals surface area (Å²) in [4.78, 5) is 14.5. The molecule has 0 bridgehead atoms. The Kier molecular flexibility index (Phi) is 5.01. The monoisotopic (exact) mass is 414 g/mol. The van der Waals surface area contributed by atoms with E-state index >= 15 is 0 Å². The molecule has 3 aromatic rings. The molecule has 8 nitrogen and oxygen atoms in total. The Morgan fingerprint density at radius 3 is 2.41 bits per heavy atom. The molecule has 1 aromatic heterocycles. The first-order chi connectivity index (χ1) is 13.9.